The predicted molar refractivity (Wildman–Crippen MR) is 42.6 cm³/mol. The van der Waals surface area contributed by atoms with Gasteiger partial charge in [0.05, 0.1) is 0 Å². The second-order valence-electron chi connectivity index (χ2n) is 2.75. The van der Waals surface area contributed by atoms with E-state index in [0.29, 0.717) is 0 Å². The molecule has 0 amide bonds. The van der Waals surface area contributed by atoms with Crippen molar-refractivity contribution in [3.63, 3.8) is 0 Å². The Balaban J connectivity index is 3.62. The van der Waals surface area contributed by atoms with Crippen molar-refractivity contribution in [2.45, 2.75) is 37.3 Å². The number of alkyl halides is 6. The highest BCUT2D eigenvalue weighted by Gasteiger charge is 2.31. The van der Waals surface area contributed by atoms with Crippen LogP contribution in [0.1, 0.15) is 12.8 Å². The first-order valence-electron chi connectivity index (χ1n) is 3.74. The van der Waals surface area contributed by atoms with Crippen molar-refractivity contribution in [2.75, 3.05) is 0 Å². The van der Waals surface area contributed by atoms with E-state index in [1.165, 1.54) is 0 Å². The molecule has 0 aromatic heterocycles. The third-order valence-electron chi connectivity index (χ3n) is 1.36. The highest BCUT2D eigenvalue weighted by Crippen LogP contribution is 2.28. The van der Waals surface area contributed by atoms with E-state index in [0.717, 1.165) is 0 Å². The molecule has 0 aliphatic carbocycles. The summed E-state index contributed by atoms with van der Waals surface area (Å²) in [6.45, 7) is 0. The molecule has 0 aliphatic rings. The lowest BCUT2D eigenvalue weighted by molar-refractivity contribution is -0.131. The van der Waals surface area contributed by atoms with Gasteiger partial charge < -0.3 is 0 Å². The van der Waals surface area contributed by atoms with E-state index in [9.17, 15) is 26.3 Å². The lowest BCUT2D eigenvalue weighted by atomic mass is 10.5. The maximum absolute atomic E-state index is 11.6. The summed E-state index contributed by atoms with van der Waals surface area (Å²) in [6, 6.07) is -0.738. The van der Waals surface area contributed by atoms with Gasteiger partial charge in [-0.15, -0.1) is 0 Å². The van der Waals surface area contributed by atoms with Crippen LogP contribution in [0.25, 0.3) is 0 Å². The van der Waals surface area contributed by atoms with Gasteiger partial charge >= 0.3 is 12.4 Å². The molecule has 0 nitrogen and oxygen atoms in total. The summed E-state index contributed by atoms with van der Waals surface area (Å²) in [7, 11) is -2.02. The van der Waals surface area contributed by atoms with E-state index in [1.54, 1.807) is 0 Å². The standard InChI is InChI=1S/C6H8ClF6Si/c7-14(3-1-5(8,9)10)4-2-6(11,12)13/h1-4H2. The Morgan fingerprint density at radius 2 is 1.07 bits per heavy atom. The Morgan fingerprint density at radius 3 is 1.29 bits per heavy atom. The normalized spacial score (nSPS) is 13.7. The average Bonchev–Trinajstić information content (AvgIpc) is 1.94. The second kappa shape index (κ2) is 5.25. The lowest BCUT2D eigenvalue weighted by Gasteiger charge is -2.10. The van der Waals surface area contributed by atoms with E-state index in [2.05, 4.69) is 0 Å². The lowest BCUT2D eigenvalue weighted by Crippen LogP contribution is -2.16. The van der Waals surface area contributed by atoms with Crippen LogP contribution in [0.5, 0.6) is 0 Å². The van der Waals surface area contributed by atoms with Crippen LogP contribution < -0.4 is 0 Å². The summed E-state index contributed by atoms with van der Waals surface area (Å²) in [5.41, 5.74) is 0. The molecule has 0 aliphatic heterocycles. The number of halogens is 7. The Morgan fingerprint density at radius 1 is 0.786 bits per heavy atom. The highest BCUT2D eigenvalue weighted by molar-refractivity contribution is 7.06. The van der Waals surface area contributed by atoms with Crippen molar-refractivity contribution < 1.29 is 26.3 Å². The highest BCUT2D eigenvalue weighted by atomic mass is 35.6. The van der Waals surface area contributed by atoms with Crippen molar-refractivity contribution >= 4 is 19.2 Å². The van der Waals surface area contributed by atoms with Crippen LogP contribution in [0.2, 0.25) is 12.1 Å². The van der Waals surface area contributed by atoms with E-state index < -0.39 is 33.3 Å². The van der Waals surface area contributed by atoms with Gasteiger partial charge in [-0.2, -0.15) is 37.4 Å². The minimum absolute atomic E-state index is 0.369. The Kier molecular flexibility index (Phi) is 5.28. The van der Waals surface area contributed by atoms with Crippen molar-refractivity contribution in [1.82, 2.24) is 0 Å². The molecule has 0 aromatic carbocycles. The van der Waals surface area contributed by atoms with Crippen LogP contribution in [-0.4, -0.2) is 20.5 Å². The van der Waals surface area contributed by atoms with E-state index in [-0.39, 0.29) is 12.1 Å². The van der Waals surface area contributed by atoms with Crippen molar-refractivity contribution in [2.24, 2.45) is 0 Å². The molecule has 0 unspecified atom stereocenters. The molecular formula is C6H8ClF6Si. The Bertz CT molecular complexity index is 147. The molecule has 85 valence electrons. The predicted octanol–water partition coefficient (Wildman–Crippen LogP) is 4.12. The summed E-state index contributed by atoms with van der Waals surface area (Å²) in [6.07, 6.45) is -10.8. The molecule has 1 radical (unpaired) electrons. The van der Waals surface area contributed by atoms with Gasteiger partial charge in [0, 0.05) is 12.8 Å². The molecule has 0 heterocycles. The Hall–Kier alpha value is 0.0869. The molecular weight excluding hydrogens is 250 g/mol. The van der Waals surface area contributed by atoms with Crippen LogP contribution in [0.15, 0.2) is 0 Å². The van der Waals surface area contributed by atoms with Gasteiger partial charge in [-0.1, -0.05) is 0 Å². The number of hydrogen-bond acceptors (Lipinski definition) is 0. The molecule has 0 spiro atoms. The van der Waals surface area contributed by atoms with Gasteiger partial charge in [0.1, 0.15) is 0 Å². The summed E-state index contributed by atoms with van der Waals surface area (Å²) in [4.78, 5) is 0. The smallest absolute Gasteiger partial charge is 0.171 e. The van der Waals surface area contributed by atoms with E-state index in [4.69, 9.17) is 11.1 Å². The zero-order valence-corrected chi connectivity index (χ0v) is 8.73. The van der Waals surface area contributed by atoms with Crippen molar-refractivity contribution in [3.05, 3.63) is 0 Å². The molecule has 0 saturated carbocycles. The monoisotopic (exact) mass is 257 g/mol. The Labute approximate surface area is 83.5 Å². The summed E-state index contributed by atoms with van der Waals surface area (Å²) >= 11 is 5.39. The first-order chi connectivity index (χ1) is 6.10. The topological polar surface area (TPSA) is 0 Å². The molecule has 14 heavy (non-hydrogen) atoms. The zero-order chi connectivity index (χ0) is 11.4. The molecule has 0 bridgehead atoms. The molecule has 0 saturated heterocycles. The first kappa shape index (κ1) is 14.1. The molecule has 0 aromatic rings. The van der Waals surface area contributed by atoms with Gasteiger partial charge in [0.2, 0.25) is 0 Å². The molecule has 0 atom stereocenters. The number of rotatable bonds is 4. The summed E-state index contributed by atoms with van der Waals surface area (Å²) < 4.78 is 69.8. The van der Waals surface area contributed by atoms with Crippen LogP contribution in [0.4, 0.5) is 26.3 Å². The third-order valence-corrected chi connectivity index (χ3v) is 4.08. The van der Waals surface area contributed by atoms with Crippen LogP contribution in [0, 0.1) is 0 Å². The van der Waals surface area contributed by atoms with Gasteiger partial charge in [0.15, 0.2) is 8.11 Å². The van der Waals surface area contributed by atoms with Crippen molar-refractivity contribution in [3.8, 4) is 0 Å². The van der Waals surface area contributed by atoms with Crippen LogP contribution >= 0.6 is 11.1 Å². The molecule has 8 heteroatoms. The van der Waals surface area contributed by atoms with Gasteiger partial charge in [-0.05, 0) is 12.1 Å². The number of hydrogen-bond donors (Lipinski definition) is 0. The largest absolute Gasteiger partial charge is 0.388 e. The van der Waals surface area contributed by atoms with Gasteiger partial charge in [0.25, 0.3) is 0 Å². The minimum atomic E-state index is -4.33. The fourth-order valence-electron chi connectivity index (χ4n) is 0.680. The third kappa shape index (κ3) is 10.2. The van der Waals surface area contributed by atoms with Gasteiger partial charge in [-0.25, -0.2) is 0 Å². The average molecular weight is 258 g/mol. The van der Waals surface area contributed by atoms with Crippen molar-refractivity contribution in [1.29, 1.82) is 0 Å². The van der Waals surface area contributed by atoms with E-state index in [1.807, 2.05) is 0 Å². The van der Waals surface area contributed by atoms with Crippen LogP contribution in [0.3, 0.4) is 0 Å². The fraction of sp³-hybridized carbons (Fsp3) is 1.00. The van der Waals surface area contributed by atoms with E-state index >= 15 is 0 Å². The second-order valence-corrected chi connectivity index (χ2v) is 6.39. The van der Waals surface area contributed by atoms with Crippen LogP contribution in [-0.2, 0) is 0 Å². The fourth-order valence-corrected chi connectivity index (χ4v) is 2.61. The van der Waals surface area contributed by atoms with Gasteiger partial charge in [-0.3, -0.25) is 0 Å². The maximum atomic E-state index is 11.6. The molecule has 0 rings (SSSR count). The minimum Gasteiger partial charge on any atom is -0.171 e. The molecule has 0 N–H and O–H groups in total. The first-order valence-corrected chi connectivity index (χ1v) is 6.66. The summed E-state index contributed by atoms with van der Waals surface area (Å²) in [5.74, 6) is 0. The zero-order valence-electron chi connectivity index (χ0n) is 6.97. The maximum Gasteiger partial charge on any atom is 0.388 e. The SMILES string of the molecule is FC(F)(F)CC[Si](Cl)CCC(F)(F)F. The summed E-state index contributed by atoms with van der Waals surface area (Å²) in [5, 5.41) is 0. The quantitative estimate of drug-likeness (QED) is 0.404. The molecule has 0 fully saturated rings.